The Bertz CT molecular complexity index is 872. The maximum absolute atomic E-state index is 12.4. The first-order valence-electron chi connectivity index (χ1n) is 10.7. The van der Waals surface area contributed by atoms with E-state index >= 15 is 0 Å². The number of likely N-dealkylation sites (N-methyl/N-ethyl adjacent to an activating group) is 1. The Morgan fingerprint density at radius 1 is 0.968 bits per heavy atom. The number of rotatable bonds is 8. The van der Waals surface area contributed by atoms with Crippen LogP contribution in [0.15, 0.2) is 42.5 Å². The minimum atomic E-state index is -0.0843. The predicted molar refractivity (Wildman–Crippen MR) is 125 cm³/mol. The molecule has 0 aliphatic carbocycles. The molecule has 1 aliphatic heterocycles. The molecule has 7 nitrogen and oxygen atoms in total. The van der Waals surface area contributed by atoms with E-state index in [4.69, 9.17) is 4.74 Å². The number of benzene rings is 2. The number of ether oxygens (including phenoxy) is 1. The van der Waals surface area contributed by atoms with Crippen LogP contribution in [0.4, 0.5) is 17.1 Å². The number of aryl methyl sites for hydroxylation is 2. The zero-order valence-electron chi connectivity index (χ0n) is 18.6. The summed E-state index contributed by atoms with van der Waals surface area (Å²) in [7, 11) is 1.84. The van der Waals surface area contributed by atoms with Crippen molar-refractivity contribution >= 4 is 28.9 Å². The van der Waals surface area contributed by atoms with E-state index in [1.807, 2.05) is 68.3 Å². The standard InChI is InChI=1S/C24H32N4O3/c1-18-5-4-6-19(2)24(18)26-23(30)17-27(3)12-11-22(29)25-20-7-9-21(10-8-20)28-13-15-31-16-14-28/h4-10H,11-17H2,1-3H3,(H,25,29)(H,26,30). The molecule has 0 aromatic heterocycles. The van der Waals surface area contributed by atoms with Gasteiger partial charge in [0.15, 0.2) is 0 Å². The van der Waals surface area contributed by atoms with Crippen LogP contribution in [0.5, 0.6) is 0 Å². The average molecular weight is 425 g/mol. The first kappa shape index (κ1) is 22.8. The van der Waals surface area contributed by atoms with Gasteiger partial charge in [-0.05, 0) is 56.3 Å². The van der Waals surface area contributed by atoms with E-state index in [9.17, 15) is 9.59 Å². The second-order valence-electron chi connectivity index (χ2n) is 8.00. The number of morpholine rings is 1. The van der Waals surface area contributed by atoms with Crippen molar-refractivity contribution in [2.45, 2.75) is 20.3 Å². The number of hydrogen-bond acceptors (Lipinski definition) is 5. The molecule has 0 spiro atoms. The number of carbonyl (C=O) groups excluding carboxylic acids is 2. The highest BCUT2D eigenvalue weighted by Crippen LogP contribution is 2.20. The van der Waals surface area contributed by atoms with Gasteiger partial charge in [-0.3, -0.25) is 14.5 Å². The van der Waals surface area contributed by atoms with Crippen molar-refractivity contribution in [2.24, 2.45) is 0 Å². The molecule has 0 radical (unpaired) electrons. The van der Waals surface area contributed by atoms with Gasteiger partial charge in [0, 0.05) is 43.1 Å². The summed E-state index contributed by atoms with van der Waals surface area (Å²) in [5.41, 5.74) is 4.84. The summed E-state index contributed by atoms with van der Waals surface area (Å²) in [6, 6.07) is 13.8. The van der Waals surface area contributed by atoms with Gasteiger partial charge >= 0.3 is 0 Å². The first-order valence-corrected chi connectivity index (χ1v) is 10.7. The summed E-state index contributed by atoms with van der Waals surface area (Å²) in [4.78, 5) is 28.8. The minimum absolute atomic E-state index is 0.0684. The molecule has 1 fully saturated rings. The fraction of sp³-hybridized carbons (Fsp3) is 0.417. The Balaban J connectivity index is 1.41. The molecule has 1 saturated heterocycles. The zero-order chi connectivity index (χ0) is 22.2. The predicted octanol–water partition coefficient (Wildman–Crippen LogP) is 3.04. The third-order valence-corrected chi connectivity index (χ3v) is 5.41. The van der Waals surface area contributed by atoms with Crippen LogP contribution in [0.25, 0.3) is 0 Å². The molecule has 0 bridgehead atoms. The SMILES string of the molecule is Cc1cccc(C)c1NC(=O)CN(C)CCC(=O)Nc1ccc(N2CCOCC2)cc1. The van der Waals surface area contributed by atoms with Crippen molar-refractivity contribution in [1.29, 1.82) is 0 Å². The van der Waals surface area contributed by atoms with Gasteiger partial charge in [0.1, 0.15) is 0 Å². The van der Waals surface area contributed by atoms with Crippen LogP contribution in [0.3, 0.4) is 0 Å². The minimum Gasteiger partial charge on any atom is -0.378 e. The van der Waals surface area contributed by atoms with Crippen molar-refractivity contribution in [3.63, 3.8) is 0 Å². The molecule has 166 valence electrons. The monoisotopic (exact) mass is 424 g/mol. The number of carbonyl (C=O) groups is 2. The van der Waals surface area contributed by atoms with Gasteiger partial charge < -0.3 is 20.3 Å². The third kappa shape index (κ3) is 6.80. The van der Waals surface area contributed by atoms with Gasteiger partial charge in [0.05, 0.1) is 19.8 Å². The van der Waals surface area contributed by atoms with Gasteiger partial charge in [0.2, 0.25) is 11.8 Å². The summed E-state index contributed by atoms with van der Waals surface area (Å²) in [5, 5.41) is 5.90. The van der Waals surface area contributed by atoms with Gasteiger partial charge in [-0.15, -0.1) is 0 Å². The van der Waals surface area contributed by atoms with Crippen LogP contribution in [-0.4, -0.2) is 63.2 Å². The molecule has 0 saturated carbocycles. The fourth-order valence-electron chi connectivity index (χ4n) is 3.61. The van der Waals surface area contributed by atoms with Crippen molar-refractivity contribution in [3.05, 3.63) is 53.6 Å². The van der Waals surface area contributed by atoms with E-state index in [0.29, 0.717) is 13.0 Å². The number of nitrogens with one attached hydrogen (secondary N) is 2. The number of para-hydroxylation sites is 1. The highest BCUT2D eigenvalue weighted by molar-refractivity contribution is 5.94. The van der Waals surface area contributed by atoms with Gasteiger partial charge in [0.25, 0.3) is 0 Å². The van der Waals surface area contributed by atoms with Crippen LogP contribution < -0.4 is 15.5 Å². The molecular formula is C24H32N4O3. The maximum atomic E-state index is 12.4. The Hall–Kier alpha value is -2.90. The summed E-state index contributed by atoms with van der Waals surface area (Å²) >= 11 is 0. The van der Waals surface area contributed by atoms with Crippen molar-refractivity contribution in [2.75, 3.05) is 62.0 Å². The lowest BCUT2D eigenvalue weighted by Gasteiger charge is -2.28. The highest BCUT2D eigenvalue weighted by Gasteiger charge is 2.13. The lowest BCUT2D eigenvalue weighted by atomic mass is 10.1. The summed E-state index contributed by atoms with van der Waals surface area (Å²) in [6.07, 6.45) is 0.318. The van der Waals surface area contributed by atoms with Crippen LogP contribution in [0.1, 0.15) is 17.5 Å². The third-order valence-electron chi connectivity index (χ3n) is 5.41. The van der Waals surface area contributed by atoms with Gasteiger partial charge in [-0.1, -0.05) is 18.2 Å². The van der Waals surface area contributed by atoms with E-state index in [-0.39, 0.29) is 18.4 Å². The summed E-state index contributed by atoms with van der Waals surface area (Å²) in [6.45, 7) is 7.94. The molecular weight excluding hydrogens is 392 g/mol. The van der Waals surface area contributed by atoms with Crippen LogP contribution in [0.2, 0.25) is 0 Å². The molecule has 1 heterocycles. The molecule has 0 unspecified atom stereocenters. The fourth-order valence-corrected chi connectivity index (χ4v) is 3.61. The Kier molecular flexibility index (Phi) is 8.03. The van der Waals surface area contributed by atoms with Crippen LogP contribution >= 0.6 is 0 Å². The van der Waals surface area contributed by atoms with E-state index in [2.05, 4.69) is 15.5 Å². The highest BCUT2D eigenvalue weighted by atomic mass is 16.5. The quantitative estimate of drug-likeness (QED) is 0.681. The maximum Gasteiger partial charge on any atom is 0.238 e. The van der Waals surface area contributed by atoms with E-state index in [1.54, 1.807) is 0 Å². The van der Waals surface area contributed by atoms with Gasteiger partial charge in [-0.25, -0.2) is 0 Å². The van der Waals surface area contributed by atoms with Crippen LogP contribution in [-0.2, 0) is 14.3 Å². The number of anilines is 3. The van der Waals surface area contributed by atoms with E-state index in [1.165, 1.54) is 0 Å². The molecule has 1 aliphatic rings. The smallest absolute Gasteiger partial charge is 0.238 e. The molecule has 2 aromatic rings. The number of hydrogen-bond donors (Lipinski definition) is 2. The van der Waals surface area contributed by atoms with Gasteiger partial charge in [-0.2, -0.15) is 0 Å². The summed E-state index contributed by atoms with van der Waals surface area (Å²) < 4.78 is 5.38. The summed E-state index contributed by atoms with van der Waals surface area (Å²) in [5.74, 6) is -0.153. The van der Waals surface area contributed by atoms with E-state index < -0.39 is 0 Å². The average Bonchev–Trinajstić information content (AvgIpc) is 2.76. The Labute approximate surface area is 184 Å². The molecule has 2 N–H and O–H groups in total. The van der Waals surface area contributed by atoms with Crippen molar-refractivity contribution in [1.82, 2.24) is 4.90 Å². The second kappa shape index (κ2) is 10.9. The topological polar surface area (TPSA) is 73.9 Å². The lowest BCUT2D eigenvalue weighted by molar-refractivity contribution is -0.119. The Morgan fingerprint density at radius 3 is 2.26 bits per heavy atom. The lowest BCUT2D eigenvalue weighted by Crippen LogP contribution is -2.36. The molecule has 0 atom stereocenters. The molecule has 7 heteroatoms. The normalized spacial score (nSPS) is 13.9. The van der Waals surface area contributed by atoms with Crippen molar-refractivity contribution in [3.8, 4) is 0 Å². The molecule has 2 aromatic carbocycles. The number of amides is 2. The largest absolute Gasteiger partial charge is 0.378 e. The first-order chi connectivity index (χ1) is 14.9. The van der Waals surface area contributed by atoms with Crippen LogP contribution in [0, 0.1) is 13.8 Å². The molecule has 3 rings (SSSR count). The van der Waals surface area contributed by atoms with Crippen molar-refractivity contribution < 1.29 is 14.3 Å². The van der Waals surface area contributed by atoms with E-state index in [0.717, 1.165) is 54.5 Å². The molecule has 31 heavy (non-hydrogen) atoms. The number of nitrogens with zero attached hydrogens (tertiary/aromatic N) is 2. The Morgan fingerprint density at radius 2 is 1.61 bits per heavy atom. The molecule has 2 amide bonds. The zero-order valence-corrected chi connectivity index (χ0v) is 18.6. The second-order valence-corrected chi connectivity index (χ2v) is 8.00.